The number of hydrogen-bond acceptors (Lipinski definition) is 4. The summed E-state index contributed by atoms with van der Waals surface area (Å²) in [6.07, 6.45) is 55.6. The van der Waals surface area contributed by atoms with Gasteiger partial charge in [0, 0.05) is 0 Å². The average Bonchev–Trinajstić information content (AvgIpc) is 3.22. The molecule has 2 aliphatic carbocycles. The first-order chi connectivity index (χ1) is 27.7. The molecule has 0 bridgehead atoms. The van der Waals surface area contributed by atoms with E-state index in [9.17, 15) is 9.59 Å². The fraction of sp³-hybridized carbons (Fsp3) is 0.962. The Balaban J connectivity index is 1.51. The van der Waals surface area contributed by atoms with Gasteiger partial charge in [-0.1, -0.05) is 264 Å². The van der Waals surface area contributed by atoms with Gasteiger partial charge in [-0.3, -0.25) is 9.59 Å². The maximum absolute atomic E-state index is 13.9. The van der Waals surface area contributed by atoms with Crippen molar-refractivity contribution in [2.75, 3.05) is 13.2 Å². The molecule has 2 aliphatic rings. The highest BCUT2D eigenvalue weighted by atomic mass is 16.6. The summed E-state index contributed by atoms with van der Waals surface area (Å²) in [5.41, 5.74) is -1.06. The predicted molar refractivity (Wildman–Crippen MR) is 241 cm³/mol. The zero-order valence-corrected chi connectivity index (χ0v) is 38.1. The van der Waals surface area contributed by atoms with Crippen molar-refractivity contribution in [1.82, 2.24) is 0 Å². The normalized spacial score (nSPS) is 17.8. The summed E-state index contributed by atoms with van der Waals surface area (Å²) in [5, 5.41) is 0. The Bertz CT molecular complexity index is 828. The molecule has 330 valence electrons. The first kappa shape index (κ1) is 51.1. The van der Waals surface area contributed by atoms with Crippen LogP contribution >= 0.6 is 0 Å². The van der Waals surface area contributed by atoms with Gasteiger partial charge in [0.15, 0.2) is 5.41 Å². The highest BCUT2D eigenvalue weighted by molar-refractivity contribution is 6.00. The van der Waals surface area contributed by atoms with Crippen LogP contribution < -0.4 is 0 Å². The number of carbonyl (C=O) groups excluding carboxylic acids is 2. The lowest BCUT2D eigenvalue weighted by Gasteiger charge is -2.46. The SMILES string of the molecule is CCCCCCCCCCCCCCCCCCCCOC(=O)C1(C(=O)OCCCCCCCCCCCCCCCCCCCC)CCCC2CCCCC21. The van der Waals surface area contributed by atoms with Crippen LogP contribution in [0.2, 0.25) is 0 Å². The molecular formula is C52H98O4. The maximum Gasteiger partial charge on any atom is 0.323 e. The molecule has 4 nitrogen and oxygen atoms in total. The second-order valence-corrected chi connectivity index (χ2v) is 18.8. The van der Waals surface area contributed by atoms with Crippen LogP contribution in [0.3, 0.4) is 0 Å². The van der Waals surface area contributed by atoms with E-state index in [4.69, 9.17) is 9.47 Å². The van der Waals surface area contributed by atoms with Crippen LogP contribution in [0, 0.1) is 17.3 Å². The third-order valence-electron chi connectivity index (χ3n) is 13.9. The summed E-state index contributed by atoms with van der Waals surface area (Å²) < 4.78 is 12.0. The van der Waals surface area contributed by atoms with Crippen LogP contribution in [-0.4, -0.2) is 25.2 Å². The fourth-order valence-electron chi connectivity index (χ4n) is 10.2. The van der Waals surface area contributed by atoms with Crippen LogP contribution in [0.15, 0.2) is 0 Å². The summed E-state index contributed by atoms with van der Waals surface area (Å²) in [6.45, 7) is 5.48. The maximum atomic E-state index is 13.9. The second-order valence-electron chi connectivity index (χ2n) is 18.8. The van der Waals surface area contributed by atoms with Crippen molar-refractivity contribution >= 4 is 11.9 Å². The number of ether oxygens (including phenoxy) is 2. The smallest absolute Gasteiger partial charge is 0.323 e. The van der Waals surface area contributed by atoms with Gasteiger partial charge in [-0.25, -0.2) is 0 Å². The van der Waals surface area contributed by atoms with Gasteiger partial charge in [-0.05, 0) is 37.5 Å². The molecule has 0 saturated heterocycles. The molecular weight excluding hydrogens is 689 g/mol. The van der Waals surface area contributed by atoms with E-state index < -0.39 is 5.41 Å². The molecule has 0 spiro atoms. The Kier molecular flexibility index (Phi) is 33.7. The van der Waals surface area contributed by atoms with Gasteiger partial charge in [0.1, 0.15) is 0 Å². The fourth-order valence-corrected chi connectivity index (χ4v) is 10.2. The van der Waals surface area contributed by atoms with Crippen molar-refractivity contribution in [3.05, 3.63) is 0 Å². The van der Waals surface area contributed by atoms with E-state index in [1.54, 1.807) is 0 Å². The lowest BCUT2D eigenvalue weighted by atomic mass is 9.57. The standard InChI is InChI=1S/C52H98O4/c1-3-5-7-9-11-13-15-17-19-21-23-25-27-29-31-33-35-39-46-55-50(53)52(45-41-43-48-42-37-38-44-49(48)52)51(54)56-47-40-36-34-32-30-28-26-24-22-20-18-16-14-12-10-8-6-4-2/h48-49H,3-47H2,1-2H3. The Morgan fingerprint density at radius 3 is 0.964 bits per heavy atom. The lowest BCUT2D eigenvalue weighted by molar-refractivity contribution is -0.184. The molecule has 0 N–H and O–H groups in total. The van der Waals surface area contributed by atoms with E-state index in [-0.39, 0.29) is 17.9 Å². The molecule has 0 aromatic carbocycles. The first-order valence-corrected chi connectivity index (χ1v) is 26.0. The van der Waals surface area contributed by atoms with E-state index >= 15 is 0 Å². The first-order valence-electron chi connectivity index (χ1n) is 26.0. The molecule has 2 fully saturated rings. The molecule has 0 aromatic heterocycles. The van der Waals surface area contributed by atoms with Crippen molar-refractivity contribution < 1.29 is 19.1 Å². The minimum atomic E-state index is -1.06. The molecule has 0 radical (unpaired) electrons. The van der Waals surface area contributed by atoms with Crippen LogP contribution in [0.4, 0.5) is 0 Å². The van der Waals surface area contributed by atoms with Gasteiger partial charge in [0.2, 0.25) is 0 Å². The molecule has 0 amide bonds. The monoisotopic (exact) mass is 787 g/mol. The summed E-state index contributed by atoms with van der Waals surface area (Å²) in [7, 11) is 0. The number of carbonyl (C=O) groups is 2. The highest BCUT2D eigenvalue weighted by Crippen LogP contribution is 2.52. The topological polar surface area (TPSA) is 52.6 Å². The molecule has 0 heterocycles. The van der Waals surface area contributed by atoms with Gasteiger partial charge < -0.3 is 9.47 Å². The summed E-state index contributed by atoms with van der Waals surface area (Å²) in [4.78, 5) is 27.8. The van der Waals surface area contributed by atoms with Crippen LogP contribution in [0.5, 0.6) is 0 Å². The summed E-state index contributed by atoms with van der Waals surface area (Å²) >= 11 is 0. The number of unbranched alkanes of at least 4 members (excludes halogenated alkanes) is 34. The van der Waals surface area contributed by atoms with Crippen molar-refractivity contribution in [2.45, 2.75) is 290 Å². The summed E-state index contributed by atoms with van der Waals surface area (Å²) in [6, 6.07) is 0. The van der Waals surface area contributed by atoms with Crippen molar-refractivity contribution in [3.63, 3.8) is 0 Å². The van der Waals surface area contributed by atoms with E-state index in [0.717, 1.165) is 57.8 Å². The van der Waals surface area contributed by atoms with Gasteiger partial charge >= 0.3 is 11.9 Å². The number of hydrogen-bond donors (Lipinski definition) is 0. The third kappa shape index (κ3) is 24.1. The molecule has 2 atom stereocenters. The number of esters is 2. The van der Waals surface area contributed by atoms with Crippen LogP contribution in [-0.2, 0) is 19.1 Å². The molecule has 0 aromatic rings. The van der Waals surface area contributed by atoms with Gasteiger partial charge in [-0.15, -0.1) is 0 Å². The molecule has 2 saturated carbocycles. The number of fused-ring (bicyclic) bond motifs is 1. The van der Waals surface area contributed by atoms with Crippen molar-refractivity contribution in [2.24, 2.45) is 17.3 Å². The largest absolute Gasteiger partial charge is 0.465 e. The Labute approximate surface area is 350 Å². The van der Waals surface area contributed by atoms with Gasteiger partial charge in [0.25, 0.3) is 0 Å². The quantitative estimate of drug-likeness (QED) is 0.0353. The molecule has 2 rings (SSSR count). The zero-order valence-electron chi connectivity index (χ0n) is 38.1. The van der Waals surface area contributed by atoms with Gasteiger partial charge in [0.05, 0.1) is 13.2 Å². The van der Waals surface area contributed by atoms with E-state index in [1.165, 1.54) is 212 Å². The zero-order chi connectivity index (χ0) is 40.0. The Morgan fingerprint density at radius 2 is 0.643 bits per heavy atom. The highest BCUT2D eigenvalue weighted by Gasteiger charge is 2.58. The summed E-state index contributed by atoms with van der Waals surface area (Å²) in [5.74, 6) is 0.0474. The van der Waals surface area contributed by atoms with Crippen LogP contribution in [0.25, 0.3) is 0 Å². The van der Waals surface area contributed by atoms with Crippen LogP contribution in [0.1, 0.15) is 290 Å². The molecule has 2 unspecified atom stereocenters. The second kappa shape index (κ2) is 37.0. The number of rotatable bonds is 40. The van der Waals surface area contributed by atoms with Crippen molar-refractivity contribution in [1.29, 1.82) is 0 Å². The van der Waals surface area contributed by atoms with Gasteiger partial charge in [-0.2, -0.15) is 0 Å². The minimum Gasteiger partial charge on any atom is -0.465 e. The Hall–Kier alpha value is -1.06. The van der Waals surface area contributed by atoms with E-state index in [1.807, 2.05) is 0 Å². The molecule has 56 heavy (non-hydrogen) atoms. The molecule has 0 aliphatic heterocycles. The van der Waals surface area contributed by atoms with E-state index in [2.05, 4.69) is 13.8 Å². The van der Waals surface area contributed by atoms with Crippen molar-refractivity contribution in [3.8, 4) is 0 Å². The average molecular weight is 787 g/mol. The predicted octanol–water partition coefficient (Wildman–Crippen LogP) is 17.1. The molecule has 4 heteroatoms. The third-order valence-corrected chi connectivity index (χ3v) is 13.9. The minimum absolute atomic E-state index is 0.102. The lowest BCUT2D eigenvalue weighted by Crippen LogP contribution is -2.53. The Morgan fingerprint density at radius 1 is 0.375 bits per heavy atom. The van der Waals surface area contributed by atoms with E-state index in [0.29, 0.717) is 25.6 Å².